The van der Waals surface area contributed by atoms with Crippen LogP contribution >= 0.6 is 0 Å². The average Bonchev–Trinajstić information content (AvgIpc) is 2.60. The fraction of sp³-hybridized carbons (Fsp3) is 0.692. The van der Waals surface area contributed by atoms with E-state index in [1.807, 2.05) is 41.5 Å². The van der Waals surface area contributed by atoms with Gasteiger partial charge in [0.05, 0.1) is 0 Å². The minimum absolute atomic E-state index is 0. The number of rotatable bonds is 0. The fourth-order valence-electron chi connectivity index (χ4n) is 0.663. The van der Waals surface area contributed by atoms with Crippen molar-refractivity contribution in [2.75, 3.05) is 0 Å². The molecule has 0 bridgehead atoms. The molecule has 14 heavy (non-hydrogen) atoms. The van der Waals surface area contributed by atoms with Crippen LogP contribution in [0.2, 0.25) is 0 Å². The molecular weight excluding hydrogens is 167 g/mol. The van der Waals surface area contributed by atoms with Crippen molar-refractivity contribution in [1.29, 1.82) is 0 Å². The third kappa shape index (κ3) is 17.6. The van der Waals surface area contributed by atoms with Gasteiger partial charge in [0, 0.05) is 13.8 Å². The lowest BCUT2D eigenvalue weighted by molar-refractivity contribution is 0.636. The molecule has 0 aromatic heterocycles. The lowest BCUT2D eigenvalue weighted by Crippen LogP contribution is -1.97. The van der Waals surface area contributed by atoms with E-state index in [4.69, 9.17) is 0 Å². The van der Waals surface area contributed by atoms with Gasteiger partial charge in [0.2, 0.25) is 0 Å². The summed E-state index contributed by atoms with van der Waals surface area (Å²) in [5.41, 5.74) is 0.333. The maximum atomic E-state index is 2.19. The van der Waals surface area contributed by atoms with Crippen LogP contribution in [0.1, 0.15) is 55.4 Å². The largest absolute Gasteiger partial charge is 0.0751 e. The van der Waals surface area contributed by atoms with Crippen molar-refractivity contribution in [2.24, 2.45) is 5.41 Å². The predicted octanol–water partition coefficient (Wildman–Crippen LogP) is 4.84. The van der Waals surface area contributed by atoms with E-state index in [1.54, 1.807) is 0 Å². The second kappa shape index (κ2) is 18.4. The molecule has 1 heteroatoms. The molecule has 0 fully saturated rings. The van der Waals surface area contributed by atoms with Crippen LogP contribution in [0.5, 0.6) is 0 Å². The minimum Gasteiger partial charge on any atom is -0.0751 e. The van der Waals surface area contributed by atoms with Gasteiger partial charge in [-0.05, 0) is 0 Å². The first-order chi connectivity index (χ1) is 6.21. The summed E-state index contributed by atoms with van der Waals surface area (Å²) in [7, 11) is 0. The van der Waals surface area contributed by atoms with Crippen LogP contribution in [0.25, 0.3) is 0 Å². The molecule has 0 unspecified atom stereocenters. The van der Waals surface area contributed by atoms with Crippen LogP contribution < -0.4 is 0 Å². The Kier molecular flexibility index (Phi) is 30.7. The van der Waals surface area contributed by atoms with Crippen LogP contribution in [0.15, 0.2) is 24.3 Å². The summed E-state index contributed by atoms with van der Waals surface area (Å²) < 4.78 is 0. The first-order valence-corrected chi connectivity index (χ1v) is 5.58. The standard InChI is InChI=1S/C7H10.3C2H6.B/c1-7(2)5-3-4-6-7;3*1-2;/h3-6H,1-2H3;3*1-2H3;. The first-order valence-electron chi connectivity index (χ1n) is 5.58. The molecule has 0 spiro atoms. The Labute approximate surface area is 94.1 Å². The SMILES string of the molecule is CC.CC.CC.CC1(C)C=CC=C1.[B]. The lowest BCUT2D eigenvalue weighted by Gasteiger charge is -2.08. The maximum absolute atomic E-state index is 2.19. The van der Waals surface area contributed by atoms with E-state index < -0.39 is 0 Å². The van der Waals surface area contributed by atoms with Gasteiger partial charge in [-0.1, -0.05) is 79.7 Å². The summed E-state index contributed by atoms with van der Waals surface area (Å²) in [6.45, 7) is 16.4. The van der Waals surface area contributed by atoms with Crippen LogP contribution in [0, 0.1) is 5.41 Å². The number of hydrogen-bond acceptors (Lipinski definition) is 0. The van der Waals surface area contributed by atoms with Crippen molar-refractivity contribution in [2.45, 2.75) is 55.4 Å². The van der Waals surface area contributed by atoms with Crippen LogP contribution in [0.4, 0.5) is 0 Å². The molecule has 0 saturated heterocycles. The predicted molar refractivity (Wildman–Crippen MR) is 71.9 cm³/mol. The smallest absolute Gasteiger partial charge is 0.00106 e. The Morgan fingerprint density at radius 1 is 0.643 bits per heavy atom. The third-order valence-corrected chi connectivity index (χ3v) is 1.16. The third-order valence-electron chi connectivity index (χ3n) is 1.16. The highest BCUT2D eigenvalue weighted by Crippen LogP contribution is 2.22. The highest BCUT2D eigenvalue weighted by atomic mass is 14.1. The zero-order valence-electron chi connectivity index (χ0n) is 11.4. The molecule has 0 nitrogen and oxygen atoms in total. The topological polar surface area (TPSA) is 0 Å². The second-order valence-corrected chi connectivity index (χ2v) is 2.54. The quantitative estimate of drug-likeness (QED) is 0.485. The van der Waals surface area contributed by atoms with Crippen molar-refractivity contribution >= 4 is 8.41 Å². The van der Waals surface area contributed by atoms with Gasteiger partial charge in [-0.3, -0.25) is 0 Å². The summed E-state index contributed by atoms with van der Waals surface area (Å²) >= 11 is 0. The molecule has 1 aliphatic carbocycles. The molecule has 0 heterocycles. The van der Waals surface area contributed by atoms with Crippen molar-refractivity contribution in [3.8, 4) is 0 Å². The van der Waals surface area contributed by atoms with Gasteiger partial charge in [-0.15, -0.1) is 0 Å². The van der Waals surface area contributed by atoms with Crippen LogP contribution in [-0.2, 0) is 0 Å². The summed E-state index contributed by atoms with van der Waals surface area (Å²) in [4.78, 5) is 0. The number of allylic oxidation sites excluding steroid dienone is 4. The van der Waals surface area contributed by atoms with Crippen LogP contribution in [-0.4, -0.2) is 8.41 Å². The van der Waals surface area contributed by atoms with Gasteiger partial charge in [0.1, 0.15) is 0 Å². The van der Waals surface area contributed by atoms with Gasteiger partial charge in [-0.2, -0.15) is 0 Å². The zero-order valence-corrected chi connectivity index (χ0v) is 11.4. The summed E-state index contributed by atoms with van der Waals surface area (Å²) in [6, 6.07) is 0. The Balaban J connectivity index is -0.0000000625. The summed E-state index contributed by atoms with van der Waals surface area (Å²) in [6.07, 6.45) is 8.54. The highest BCUT2D eigenvalue weighted by Gasteiger charge is 2.09. The van der Waals surface area contributed by atoms with E-state index in [9.17, 15) is 0 Å². The van der Waals surface area contributed by atoms with E-state index in [0.29, 0.717) is 5.41 Å². The average molecular weight is 195 g/mol. The van der Waals surface area contributed by atoms with Crippen LogP contribution in [0.3, 0.4) is 0 Å². The molecule has 83 valence electrons. The molecule has 0 atom stereocenters. The highest BCUT2D eigenvalue weighted by molar-refractivity contribution is 5.75. The molecule has 0 aromatic carbocycles. The van der Waals surface area contributed by atoms with Gasteiger partial charge in [0.25, 0.3) is 0 Å². The normalized spacial score (nSPS) is 13.1. The molecule has 3 radical (unpaired) electrons. The summed E-state index contributed by atoms with van der Waals surface area (Å²) in [5, 5.41) is 0. The molecule has 0 amide bonds. The van der Waals surface area contributed by atoms with Crippen molar-refractivity contribution in [1.82, 2.24) is 0 Å². The van der Waals surface area contributed by atoms with Gasteiger partial charge >= 0.3 is 0 Å². The van der Waals surface area contributed by atoms with Crippen molar-refractivity contribution in [3.05, 3.63) is 24.3 Å². The van der Waals surface area contributed by atoms with E-state index in [2.05, 4.69) is 38.2 Å². The fourth-order valence-corrected chi connectivity index (χ4v) is 0.663. The molecule has 0 N–H and O–H groups in total. The van der Waals surface area contributed by atoms with Gasteiger partial charge < -0.3 is 0 Å². The van der Waals surface area contributed by atoms with E-state index in [-0.39, 0.29) is 8.41 Å². The Morgan fingerprint density at radius 3 is 0.929 bits per heavy atom. The first kappa shape index (κ1) is 23.4. The molecule has 1 aliphatic rings. The molecule has 1 rings (SSSR count). The minimum atomic E-state index is 0. The summed E-state index contributed by atoms with van der Waals surface area (Å²) in [5.74, 6) is 0. The number of hydrogen-bond donors (Lipinski definition) is 0. The molecule has 0 aromatic rings. The van der Waals surface area contributed by atoms with E-state index in [1.165, 1.54) is 0 Å². The van der Waals surface area contributed by atoms with E-state index >= 15 is 0 Å². The van der Waals surface area contributed by atoms with Gasteiger partial charge in [0.15, 0.2) is 0 Å². The molecular formula is C13H28B. The zero-order chi connectivity index (χ0) is 11.3. The molecule has 0 aliphatic heterocycles. The van der Waals surface area contributed by atoms with Crippen molar-refractivity contribution in [3.63, 3.8) is 0 Å². The maximum Gasteiger partial charge on any atom is 0.00106 e. The Bertz CT molecular complexity index is 107. The second-order valence-electron chi connectivity index (χ2n) is 2.54. The van der Waals surface area contributed by atoms with E-state index in [0.717, 1.165) is 0 Å². The van der Waals surface area contributed by atoms with Crippen molar-refractivity contribution < 1.29 is 0 Å². The molecule has 0 saturated carbocycles. The Hall–Kier alpha value is -0.455. The van der Waals surface area contributed by atoms with Gasteiger partial charge in [-0.25, -0.2) is 0 Å². The monoisotopic (exact) mass is 195 g/mol. The Morgan fingerprint density at radius 2 is 0.857 bits per heavy atom. The lowest BCUT2D eigenvalue weighted by atomic mass is 9.97.